The van der Waals surface area contributed by atoms with Crippen LogP contribution in [-0.4, -0.2) is 34.5 Å². The number of ether oxygens (including phenoxy) is 1. The molecule has 78 valence electrons. The molecule has 0 aromatic carbocycles. The highest BCUT2D eigenvalue weighted by Gasteiger charge is 2.28. The van der Waals surface area contributed by atoms with E-state index in [1.807, 2.05) is 0 Å². The summed E-state index contributed by atoms with van der Waals surface area (Å²) in [4.78, 5) is 11.0. The Morgan fingerprint density at radius 3 is 2.31 bits per heavy atom. The van der Waals surface area contributed by atoms with Gasteiger partial charge in [0.2, 0.25) is 0 Å². The van der Waals surface area contributed by atoms with Crippen LogP contribution in [0.3, 0.4) is 0 Å². The molecule has 5 nitrogen and oxygen atoms in total. The highest BCUT2D eigenvalue weighted by atomic mass is 79.9. The normalized spacial score (nSPS) is 12.6. The van der Waals surface area contributed by atoms with Gasteiger partial charge in [-0.15, -0.1) is 0 Å². The van der Waals surface area contributed by atoms with Gasteiger partial charge in [-0.05, 0) is 6.92 Å². The molecule has 0 bridgehead atoms. The molecule has 0 atom stereocenters. The first-order valence-corrected chi connectivity index (χ1v) is 6.32. The SMILES string of the molecule is CC(Br)(Br)C(=O)OCCS(=O)(=O)O. The molecule has 0 aliphatic heterocycles. The molecule has 0 aliphatic rings. The quantitative estimate of drug-likeness (QED) is 0.468. The van der Waals surface area contributed by atoms with Gasteiger partial charge in [0.05, 0.1) is 0 Å². The van der Waals surface area contributed by atoms with Crippen molar-refractivity contribution in [1.82, 2.24) is 0 Å². The molecule has 0 rings (SSSR count). The summed E-state index contributed by atoms with van der Waals surface area (Å²) in [6.07, 6.45) is 0. The Morgan fingerprint density at radius 2 is 2.00 bits per heavy atom. The maximum absolute atomic E-state index is 11.0. The number of esters is 1. The van der Waals surface area contributed by atoms with Gasteiger partial charge in [-0.25, -0.2) is 4.79 Å². The second-order valence-corrected chi connectivity index (χ2v) is 8.12. The van der Waals surface area contributed by atoms with Gasteiger partial charge in [0, 0.05) is 0 Å². The lowest BCUT2D eigenvalue weighted by Crippen LogP contribution is -2.25. The molecule has 1 N–H and O–H groups in total. The fourth-order valence-corrected chi connectivity index (χ4v) is 0.889. The van der Waals surface area contributed by atoms with E-state index in [0.29, 0.717) is 0 Å². The van der Waals surface area contributed by atoms with E-state index in [-0.39, 0.29) is 6.61 Å². The van der Waals surface area contributed by atoms with E-state index in [4.69, 9.17) is 4.55 Å². The topological polar surface area (TPSA) is 80.7 Å². The van der Waals surface area contributed by atoms with Gasteiger partial charge in [-0.3, -0.25) is 4.55 Å². The molecule has 0 aromatic heterocycles. The van der Waals surface area contributed by atoms with Crippen LogP contribution in [0.4, 0.5) is 0 Å². The van der Waals surface area contributed by atoms with E-state index >= 15 is 0 Å². The maximum atomic E-state index is 11.0. The summed E-state index contributed by atoms with van der Waals surface area (Å²) in [5.41, 5.74) is 0. The first-order chi connectivity index (χ1) is 5.63. The van der Waals surface area contributed by atoms with Gasteiger partial charge in [0.1, 0.15) is 12.4 Å². The molecular weight excluding hydrogens is 332 g/mol. The van der Waals surface area contributed by atoms with E-state index in [1.165, 1.54) is 6.92 Å². The zero-order valence-corrected chi connectivity index (χ0v) is 10.6. The lowest BCUT2D eigenvalue weighted by Gasteiger charge is -2.12. The Labute approximate surface area is 92.8 Å². The molecule has 0 saturated carbocycles. The second-order valence-electron chi connectivity index (χ2n) is 2.31. The minimum Gasteiger partial charge on any atom is -0.463 e. The minimum atomic E-state index is -4.07. The highest BCUT2D eigenvalue weighted by molar-refractivity contribution is 9.25. The van der Waals surface area contributed by atoms with Crippen LogP contribution in [0.1, 0.15) is 6.92 Å². The number of carbonyl (C=O) groups excluding carboxylic acids is 1. The molecule has 13 heavy (non-hydrogen) atoms. The van der Waals surface area contributed by atoms with Gasteiger partial charge in [-0.2, -0.15) is 8.42 Å². The largest absolute Gasteiger partial charge is 0.463 e. The molecule has 0 aromatic rings. The van der Waals surface area contributed by atoms with Crippen molar-refractivity contribution in [3.8, 4) is 0 Å². The lowest BCUT2D eigenvalue weighted by atomic mass is 10.5. The molecule has 0 unspecified atom stereocenters. The monoisotopic (exact) mass is 338 g/mol. The molecular formula is C5H8Br2O5S. The van der Waals surface area contributed by atoms with Gasteiger partial charge in [0.25, 0.3) is 10.1 Å². The Morgan fingerprint density at radius 1 is 1.54 bits per heavy atom. The first-order valence-electron chi connectivity index (χ1n) is 3.13. The van der Waals surface area contributed by atoms with Crippen LogP contribution < -0.4 is 0 Å². The summed E-state index contributed by atoms with van der Waals surface area (Å²) in [6, 6.07) is 0. The van der Waals surface area contributed by atoms with E-state index in [9.17, 15) is 13.2 Å². The van der Waals surface area contributed by atoms with Crippen molar-refractivity contribution < 1.29 is 22.5 Å². The van der Waals surface area contributed by atoms with Crippen molar-refractivity contribution in [3.63, 3.8) is 0 Å². The Kier molecular flexibility index (Phi) is 4.84. The summed E-state index contributed by atoms with van der Waals surface area (Å²) in [6.45, 7) is 1.12. The number of hydrogen-bond acceptors (Lipinski definition) is 4. The lowest BCUT2D eigenvalue weighted by molar-refractivity contribution is -0.142. The smallest absolute Gasteiger partial charge is 0.333 e. The van der Waals surface area contributed by atoms with E-state index < -0.39 is 25.1 Å². The van der Waals surface area contributed by atoms with Gasteiger partial charge >= 0.3 is 5.97 Å². The summed E-state index contributed by atoms with van der Waals surface area (Å²) in [7, 11) is -4.07. The standard InChI is InChI=1S/C5H8Br2O5S/c1-5(6,7)4(8)12-2-3-13(9,10)11/h2-3H2,1H3,(H,9,10,11). The van der Waals surface area contributed by atoms with Gasteiger partial charge in [-0.1, -0.05) is 31.9 Å². The molecule has 0 spiro atoms. The van der Waals surface area contributed by atoms with Crippen LogP contribution in [0.25, 0.3) is 0 Å². The summed E-state index contributed by atoms with van der Waals surface area (Å²) in [5, 5.41) is 0. The van der Waals surface area contributed by atoms with E-state index in [0.717, 1.165) is 0 Å². The van der Waals surface area contributed by atoms with E-state index in [1.54, 1.807) is 0 Å². The number of halogens is 2. The predicted molar refractivity (Wildman–Crippen MR) is 53.6 cm³/mol. The minimum absolute atomic E-state index is 0.371. The number of hydrogen-bond donors (Lipinski definition) is 1. The fraction of sp³-hybridized carbons (Fsp3) is 0.800. The third-order valence-corrected chi connectivity index (χ3v) is 2.26. The van der Waals surface area contributed by atoms with Crippen molar-refractivity contribution in [2.24, 2.45) is 0 Å². The third-order valence-electron chi connectivity index (χ3n) is 0.933. The van der Waals surface area contributed by atoms with Crippen LogP contribution in [0.5, 0.6) is 0 Å². The van der Waals surface area contributed by atoms with Crippen LogP contribution in [-0.2, 0) is 19.6 Å². The Bertz CT molecular complexity index is 278. The second kappa shape index (κ2) is 4.72. The number of carbonyl (C=O) groups is 1. The Balaban J connectivity index is 3.87. The molecule has 0 amide bonds. The average Bonchev–Trinajstić information content (AvgIpc) is 1.82. The summed E-state index contributed by atoms with van der Waals surface area (Å²) in [5.74, 6) is -1.26. The zero-order valence-electron chi connectivity index (χ0n) is 6.66. The van der Waals surface area contributed by atoms with Gasteiger partial charge in [0.15, 0.2) is 3.23 Å². The number of rotatable bonds is 4. The highest BCUT2D eigenvalue weighted by Crippen LogP contribution is 2.26. The molecule has 0 heterocycles. The molecule has 0 radical (unpaired) electrons. The summed E-state index contributed by atoms with van der Waals surface area (Å²) >= 11 is 5.91. The Hall–Kier alpha value is 0.340. The van der Waals surface area contributed by atoms with Crippen molar-refractivity contribution in [3.05, 3.63) is 0 Å². The zero-order chi connectivity index (χ0) is 10.7. The third kappa shape index (κ3) is 7.41. The van der Waals surface area contributed by atoms with Crippen LogP contribution in [0.15, 0.2) is 0 Å². The molecule has 0 saturated heterocycles. The maximum Gasteiger partial charge on any atom is 0.333 e. The van der Waals surface area contributed by atoms with Crippen molar-refractivity contribution in [2.75, 3.05) is 12.4 Å². The molecule has 8 heteroatoms. The van der Waals surface area contributed by atoms with Crippen molar-refractivity contribution in [1.29, 1.82) is 0 Å². The first kappa shape index (κ1) is 13.3. The van der Waals surface area contributed by atoms with Crippen LogP contribution in [0.2, 0.25) is 0 Å². The molecule has 0 aliphatic carbocycles. The number of alkyl halides is 2. The van der Waals surface area contributed by atoms with Gasteiger partial charge < -0.3 is 4.74 Å². The average molecular weight is 340 g/mol. The van der Waals surface area contributed by atoms with E-state index in [2.05, 4.69) is 36.6 Å². The predicted octanol–water partition coefficient (Wildman–Crippen LogP) is 0.923. The van der Waals surface area contributed by atoms with Crippen LogP contribution >= 0.6 is 31.9 Å². The fourth-order valence-electron chi connectivity index (χ4n) is 0.366. The summed E-state index contributed by atoms with van der Waals surface area (Å²) < 4.78 is 32.2. The van der Waals surface area contributed by atoms with Crippen LogP contribution in [0, 0.1) is 0 Å². The molecule has 0 fully saturated rings. The van der Waals surface area contributed by atoms with Crippen molar-refractivity contribution >= 4 is 47.9 Å². The van der Waals surface area contributed by atoms with Crippen molar-refractivity contribution in [2.45, 2.75) is 10.2 Å².